The number of imide groups is 1. The van der Waals surface area contributed by atoms with Crippen LogP contribution in [0.5, 0.6) is 5.75 Å². The van der Waals surface area contributed by atoms with Gasteiger partial charge in [-0.1, -0.05) is 24.3 Å². The molecule has 2 aliphatic rings. The van der Waals surface area contributed by atoms with Crippen molar-refractivity contribution in [2.75, 3.05) is 50.2 Å². The smallest absolute Gasteiger partial charge is 0.325 e. The molecule has 2 heterocycles. The number of amides is 4. The van der Waals surface area contributed by atoms with Crippen LogP contribution in [0.25, 0.3) is 0 Å². The monoisotopic (exact) mass is 438 g/mol. The molecule has 0 saturated carbocycles. The van der Waals surface area contributed by atoms with E-state index in [1.807, 2.05) is 18.2 Å². The molecule has 0 bridgehead atoms. The Kier molecular flexibility index (Phi) is 6.00. The third kappa shape index (κ3) is 4.11. The molecule has 0 radical (unpaired) electrons. The Morgan fingerprint density at radius 3 is 2.50 bits per heavy atom. The number of benzene rings is 2. The van der Waals surface area contributed by atoms with Crippen LogP contribution in [-0.2, 0) is 19.9 Å². The average molecular weight is 438 g/mol. The molecule has 0 aliphatic carbocycles. The average Bonchev–Trinajstić information content (AvgIpc) is 3.04. The fourth-order valence-corrected chi connectivity index (χ4v) is 3.95. The molecule has 2 aliphatic heterocycles. The standard InChI is InChI=1S/C23H26N4O5/c1-23(16-7-9-17(31-2)10-8-16)21(29)27(22(30)25-23)15-20(28)24-18-5-3-4-6-19(18)26-11-13-32-14-12-26/h3-10H,11-15H2,1-2H3,(H,24,28)(H,25,30). The summed E-state index contributed by atoms with van der Waals surface area (Å²) in [6, 6.07) is 13.7. The molecule has 2 fully saturated rings. The van der Waals surface area contributed by atoms with Crippen molar-refractivity contribution in [3.63, 3.8) is 0 Å². The van der Waals surface area contributed by atoms with Crippen molar-refractivity contribution in [2.45, 2.75) is 12.5 Å². The maximum absolute atomic E-state index is 13.1. The first-order valence-electron chi connectivity index (χ1n) is 10.4. The van der Waals surface area contributed by atoms with Crippen LogP contribution >= 0.6 is 0 Å². The minimum atomic E-state index is -1.25. The highest BCUT2D eigenvalue weighted by Crippen LogP contribution is 2.30. The van der Waals surface area contributed by atoms with Crippen LogP contribution in [-0.4, -0.2) is 62.7 Å². The molecule has 4 rings (SSSR count). The summed E-state index contributed by atoms with van der Waals surface area (Å²) in [5.41, 5.74) is 0.862. The van der Waals surface area contributed by atoms with Gasteiger partial charge in [0.2, 0.25) is 5.91 Å². The zero-order valence-corrected chi connectivity index (χ0v) is 18.1. The third-order valence-electron chi connectivity index (χ3n) is 5.77. The van der Waals surface area contributed by atoms with Gasteiger partial charge in [0.05, 0.1) is 31.7 Å². The minimum absolute atomic E-state index is 0.381. The molecular weight excluding hydrogens is 412 g/mol. The minimum Gasteiger partial charge on any atom is -0.497 e. The highest BCUT2D eigenvalue weighted by Gasteiger charge is 2.49. The van der Waals surface area contributed by atoms with Gasteiger partial charge in [-0.3, -0.25) is 14.5 Å². The van der Waals surface area contributed by atoms with Crippen molar-refractivity contribution in [1.29, 1.82) is 0 Å². The molecule has 9 heteroatoms. The molecule has 1 atom stereocenters. The van der Waals surface area contributed by atoms with Gasteiger partial charge in [0.25, 0.3) is 5.91 Å². The number of anilines is 2. The summed E-state index contributed by atoms with van der Waals surface area (Å²) in [7, 11) is 1.55. The summed E-state index contributed by atoms with van der Waals surface area (Å²) in [5.74, 6) is -0.290. The van der Waals surface area contributed by atoms with E-state index in [4.69, 9.17) is 9.47 Å². The Hall–Kier alpha value is -3.59. The van der Waals surface area contributed by atoms with Gasteiger partial charge in [-0.15, -0.1) is 0 Å². The summed E-state index contributed by atoms with van der Waals surface area (Å²) in [6.45, 7) is 3.93. The molecule has 168 valence electrons. The lowest BCUT2D eigenvalue weighted by molar-refractivity contribution is -0.133. The number of hydrogen-bond acceptors (Lipinski definition) is 6. The van der Waals surface area contributed by atoms with Crippen LogP contribution < -0.4 is 20.3 Å². The topological polar surface area (TPSA) is 100 Å². The van der Waals surface area contributed by atoms with Crippen molar-refractivity contribution in [3.8, 4) is 5.75 Å². The van der Waals surface area contributed by atoms with Gasteiger partial charge in [-0.25, -0.2) is 4.79 Å². The summed E-state index contributed by atoms with van der Waals surface area (Å²) in [6.07, 6.45) is 0. The van der Waals surface area contributed by atoms with E-state index in [0.717, 1.165) is 23.7 Å². The van der Waals surface area contributed by atoms with Crippen molar-refractivity contribution in [2.24, 2.45) is 0 Å². The SMILES string of the molecule is COc1ccc(C2(C)NC(=O)N(CC(=O)Nc3ccccc3N3CCOCC3)C2=O)cc1. The molecule has 0 spiro atoms. The lowest BCUT2D eigenvalue weighted by atomic mass is 9.92. The Labute approximate surface area is 186 Å². The summed E-state index contributed by atoms with van der Waals surface area (Å²) >= 11 is 0. The fourth-order valence-electron chi connectivity index (χ4n) is 3.95. The quantitative estimate of drug-likeness (QED) is 0.669. The maximum atomic E-state index is 13.1. The summed E-state index contributed by atoms with van der Waals surface area (Å²) in [4.78, 5) is 41.5. The Bertz CT molecular complexity index is 1020. The largest absolute Gasteiger partial charge is 0.497 e. The van der Waals surface area contributed by atoms with Gasteiger partial charge in [0.15, 0.2) is 0 Å². The van der Waals surface area contributed by atoms with Crippen LogP contribution in [0.4, 0.5) is 16.2 Å². The number of ether oxygens (including phenoxy) is 2. The summed E-state index contributed by atoms with van der Waals surface area (Å²) in [5, 5.41) is 5.56. The van der Waals surface area contributed by atoms with Crippen molar-refractivity contribution in [3.05, 3.63) is 54.1 Å². The lowest BCUT2D eigenvalue weighted by Gasteiger charge is -2.30. The maximum Gasteiger partial charge on any atom is 0.325 e. The predicted molar refractivity (Wildman–Crippen MR) is 119 cm³/mol. The number of morpholine rings is 1. The second-order valence-corrected chi connectivity index (χ2v) is 7.84. The van der Waals surface area contributed by atoms with Gasteiger partial charge >= 0.3 is 6.03 Å². The van der Waals surface area contributed by atoms with Crippen LogP contribution in [0.3, 0.4) is 0 Å². The molecular formula is C23H26N4O5. The second-order valence-electron chi connectivity index (χ2n) is 7.84. The number of nitrogens with zero attached hydrogens (tertiary/aromatic N) is 2. The van der Waals surface area contributed by atoms with E-state index in [1.54, 1.807) is 44.4 Å². The van der Waals surface area contributed by atoms with E-state index in [2.05, 4.69) is 15.5 Å². The highest BCUT2D eigenvalue weighted by molar-refractivity contribution is 6.10. The van der Waals surface area contributed by atoms with Gasteiger partial charge in [0.1, 0.15) is 17.8 Å². The Morgan fingerprint density at radius 1 is 1.12 bits per heavy atom. The van der Waals surface area contributed by atoms with Gasteiger partial charge < -0.3 is 25.0 Å². The lowest BCUT2D eigenvalue weighted by Crippen LogP contribution is -2.42. The third-order valence-corrected chi connectivity index (χ3v) is 5.77. The van der Waals surface area contributed by atoms with E-state index in [-0.39, 0.29) is 6.54 Å². The van der Waals surface area contributed by atoms with Crippen LogP contribution in [0.1, 0.15) is 12.5 Å². The van der Waals surface area contributed by atoms with E-state index < -0.39 is 23.4 Å². The number of nitrogens with one attached hydrogen (secondary N) is 2. The van der Waals surface area contributed by atoms with Gasteiger partial charge in [-0.2, -0.15) is 0 Å². The fraction of sp³-hybridized carbons (Fsp3) is 0.348. The van der Waals surface area contributed by atoms with Crippen molar-refractivity contribution >= 4 is 29.2 Å². The van der Waals surface area contributed by atoms with E-state index in [0.29, 0.717) is 30.2 Å². The Balaban J connectivity index is 1.47. The molecule has 2 aromatic carbocycles. The molecule has 2 aromatic rings. The number of hydrogen-bond donors (Lipinski definition) is 2. The Morgan fingerprint density at radius 2 is 1.81 bits per heavy atom. The first-order chi connectivity index (χ1) is 15.4. The van der Waals surface area contributed by atoms with Gasteiger partial charge in [0, 0.05) is 13.1 Å². The molecule has 2 N–H and O–H groups in total. The molecule has 0 aromatic heterocycles. The zero-order valence-electron chi connectivity index (χ0n) is 18.1. The molecule has 9 nitrogen and oxygen atoms in total. The number of carbonyl (C=O) groups is 3. The first kappa shape index (κ1) is 21.6. The molecule has 2 saturated heterocycles. The molecule has 32 heavy (non-hydrogen) atoms. The normalized spacial score (nSPS) is 20.8. The van der Waals surface area contributed by atoms with E-state index >= 15 is 0 Å². The second kappa shape index (κ2) is 8.88. The number of methoxy groups -OCH3 is 1. The predicted octanol–water partition coefficient (Wildman–Crippen LogP) is 1.94. The molecule has 1 unspecified atom stereocenters. The zero-order chi connectivity index (χ0) is 22.7. The van der Waals surface area contributed by atoms with Crippen molar-refractivity contribution in [1.82, 2.24) is 10.2 Å². The number of urea groups is 1. The van der Waals surface area contributed by atoms with E-state index in [1.165, 1.54) is 0 Å². The first-order valence-corrected chi connectivity index (χ1v) is 10.4. The van der Waals surface area contributed by atoms with Gasteiger partial charge in [-0.05, 0) is 36.8 Å². The van der Waals surface area contributed by atoms with Crippen LogP contribution in [0, 0.1) is 0 Å². The number of carbonyl (C=O) groups excluding carboxylic acids is 3. The summed E-state index contributed by atoms with van der Waals surface area (Å²) < 4.78 is 10.5. The van der Waals surface area contributed by atoms with E-state index in [9.17, 15) is 14.4 Å². The van der Waals surface area contributed by atoms with Crippen LogP contribution in [0.15, 0.2) is 48.5 Å². The molecule has 4 amide bonds. The van der Waals surface area contributed by atoms with Crippen LogP contribution in [0.2, 0.25) is 0 Å². The number of rotatable bonds is 6. The van der Waals surface area contributed by atoms with Crippen molar-refractivity contribution < 1.29 is 23.9 Å². The number of para-hydroxylation sites is 2. The highest BCUT2D eigenvalue weighted by atomic mass is 16.5.